The van der Waals surface area contributed by atoms with Crippen LogP contribution in [0.4, 0.5) is 13.2 Å². The quantitative estimate of drug-likeness (QED) is 0.793. The number of aliphatic carboxylic acids is 1. The summed E-state index contributed by atoms with van der Waals surface area (Å²) in [5.74, 6) is -1.31. The van der Waals surface area contributed by atoms with E-state index in [-0.39, 0.29) is 0 Å². The summed E-state index contributed by atoms with van der Waals surface area (Å²) >= 11 is 0. The van der Waals surface area contributed by atoms with Gasteiger partial charge < -0.3 is 10.2 Å². The number of aliphatic hydroxyl groups is 1. The molecule has 0 radical (unpaired) electrons. The molecule has 17 heavy (non-hydrogen) atoms. The zero-order chi connectivity index (χ0) is 13.1. The third-order valence-electron chi connectivity index (χ3n) is 2.88. The van der Waals surface area contributed by atoms with Crippen LogP contribution < -0.4 is 0 Å². The Balaban J connectivity index is 2.70. The van der Waals surface area contributed by atoms with E-state index in [0.29, 0.717) is 12.8 Å². The second-order valence-corrected chi connectivity index (χ2v) is 4.33. The Morgan fingerprint density at radius 1 is 1.29 bits per heavy atom. The Bertz CT molecular complexity index is 270. The highest BCUT2D eigenvalue weighted by molar-refractivity contribution is 5.69. The molecule has 0 heterocycles. The van der Waals surface area contributed by atoms with Crippen molar-refractivity contribution in [3.63, 3.8) is 0 Å². The predicted octanol–water partition coefficient (Wildman–Crippen LogP) is 1.24. The minimum Gasteiger partial charge on any atom is -0.480 e. The Kier molecular flexibility index (Phi) is 4.76. The first-order valence-corrected chi connectivity index (χ1v) is 5.50. The van der Waals surface area contributed by atoms with Crippen LogP contribution in [-0.4, -0.2) is 52.5 Å². The van der Waals surface area contributed by atoms with E-state index in [2.05, 4.69) is 0 Å². The van der Waals surface area contributed by atoms with E-state index >= 15 is 0 Å². The number of alkyl halides is 3. The van der Waals surface area contributed by atoms with Crippen molar-refractivity contribution < 1.29 is 28.2 Å². The van der Waals surface area contributed by atoms with Crippen molar-refractivity contribution in [2.45, 2.75) is 44.0 Å². The Morgan fingerprint density at radius 2 is 1.88 bits per heavy atom. The zero-order valence-electron chi connectivity index (χ0n) is 9.28. The first-order valence-electron chi connectivity index (χ1n) is 5.50. The molecule has 2 N–H and O–H groups in total. The fraction of sp³-hybridized carbons (Fsp3) is 0.900. The average molecular weight is 255 g/mol. The molecule has 0 aromatic rings. The molecule has 0 aliphatic heterocycles. The molecule has 1 saturated carbocycles. The summed E-state index contributed by atoms with van der Waals surface area (Å²) < 4.78 is 37.0. The molecule has 0 aromatic heterocycles. The van der Waals surface area contributed by atoms with Crippen LogP contribution in [0.25, 0.3) is 0 Å². The normalized spacial score (nSPS) is 26.2. The van der Waals surface area contributed by atoms with Crippen molar-refractivity contribution in [3.8, 4) is 0 Å². The van der Waals surface area contributed by atoms with Crippen LogP contribution >= 0.6 is 0 Å². The fourth-order valence-corrected chi connectivity index (χ4v) is 2.21. The molecule has 0 aromatic carbocycles. The fourth-order valence-electron chi connectivity index (χ4n) is 2.21. The lowest BCUT2D eigenvalue weighted by Gasteiger charge is -2.36. The van der Waals surface area contributed by atoms with Gasteiger partial charge in [-0.15, -0.1) is 0 Å². The number of aliphatic hydroxyl groups excluding tert-OH is 1. The summed E-state index contributed by atoms with van der Waals surface area (Å²) in [6.45, 7) is -1.98. The second kappa shape index (κ2) is 5.68. The van der Waals surface area contributed by atoms with Gasteiger partial charge in [0.15, 0.2) is 0 Å². The molecule has 2 unspecified atom stereocenters. The molecule has 0 amide bonds. The van der Waals surface area contributed by atoms with E-state index < -0.39 is 37.4 Å². The molecule has 1 aliphatic carbocycles. The number of carboxylic acid groups (broad SMARTS) is 1. The van der Waals surface area contributed by atoms with E-state index in [1.54, 1.807) is 0 Å². The molecule has 7 heteroatoms. The van der Waals surface area contributed by atoms with Crippen LogP contribution in [0.3, 0.4) is 0 Å². The van der Waals surface area contributed by atoms with Gasteiger partial charge in [-0.2, -0.15) is 13.2 Å². The van der Waals surface area contributed by atoms with E-state index in [1.165, 1.54) is 0 Å². The molecule has 1 rings (SSSR count). The Hall–Kier alpha value is -0.820. The van der Waals surface area contributed by atoms with Crippen molar-refractivity contribution in [2.75, 3.05) is 13.1 Å². The van der Waals surface area contributed by atoms with E-state index in [4.69, 9.17) is 5.11 Å². The van der Waals surface area contributed by atoms with Gasteiger partial charge in [0.2, 0.25) is 0 Å². The second-order valence-electron chi connectivity index (χ2n) is 4.33. The predicted molar refractivity (Wildman–Crippen MR) is 53.5 cm³/mol. The Labute approximate surface area is 97.0 Å². The molecule has 0 saturated heterocycles. The number of hydrogen-bond acceptors (Lipinski definition) is 3. The molecule has 1 aliphatic rings. The van der Waals surface area contributed by atoms with Gasteiger partial charge in [-0.1, -0.05) is 12.8 Å². The highest BCUT2D eigenvalue weighted by Gasteiger charge is 2.37. The summed E-state index contributed by atoms with van der Waals surface area (Å²) in [6, 6.07) is -0.707. The zero-order valence-corrected chi connectivity index (χ0v) is 9.28. The largest absolute Gasteiger partial charge is 0.480 e. The van der Waals surface area contributed by atoms with Crippen LogP contribution in [0, 0.1) is 0 Å². The van der Waals surface area contributed by atoms with E-state index in [0.717, 1.165) is 17.7 Å². The molecule has 0 spiro atoms. The van der Waals surface area contributed by atoms with Gasteiger partial charge in [-0.05, 0) is 12.8 Å². The first-order chi connectivity index (χ1) is 7.79. The van der Waals surface area contributed by atoms with Gasteiger partial charge in [0, 0.05) is 6.04 Å². The molecular weight excluding hydrogens is 239 g/mol. The van der Waals surface area contributed by atoms with Crippen molar-refractivity contribution in [1.29, 1.82) is 0 Å². The maximum Gasteiger partial charge on any atom is 0.401 e. The maximum absolute atomic E-state index is 12.3. The third-order valence-corrected chi connectivity index (χ3v) is 2.88. The standard InChI is InChI=1S/C10H16F3NO3/c11-10(12,13)6-14(5-9(16)17)7-3-1-2-4-8(7)15/h7-8,15H,1-6H2,(H,16,17). The van der Waals surface area contributed by atoms with Gasteiger partial charge in [-0.25, -0.2) is 0 Å². The lowest BCUT2D eigenvalue weighted by atomic mass is 9.91. The highest BCUT2D eigenvalue weighted by atomic mass is 19.4. The smallest absolute Gasteiger partial charge is 0.401 e. The third kappa shape index (κ3) is 4.91. The average Bonchev–Trinajstić information content (AvgIpc) is 2.14. The summed E-state index contributed by atoms with van der Waals surface area (Å²) in [5, 5.41) is 18.3. The lowest BCUT2D eigenvalue weighted by Crippen LogP contribution is -2.50. The number of carbonyl (C=O) groups is 1. The highest BCUT2D eigenvalue weighted by Crippen LogP contribution is 2.26. The number of nitrogens with zero attached hydrogens (tertiary/aromatic N) is 1. The minimum atomic E-state index is -4.45. The molecule has 2 atom stereocenters. The topological polar surface area (TPSA) is 60.8 Å². The van der Waals surface area contributed by atoms with Gasteiger partial charge >= 0.3 is 12.1 Å². The number of hydrogen-bond donors (Lipinski definition) is 2. The summed E-state index contributed by atoms with van der Waals surface area (Å²) in [4.78, 5) is 11.4. The van der Waals surface area contributed by atoms with Crippen molar-refractivity contribution in [1.82, 2.24) is 4.90 Å². The van der Waals surface area contributed by atoms with Crippen LogP contribution in [0.15, 0.2) is 0 Å². The number of halogens is 3. The SMILES string of the molecule is O=C(O)CN(CC(F)(F)F)C1CCCCC1O. The summed E-state index contributed by atoms with van der Waals surface area (Å²) in [6.07, 6.45) is -3.00. The molecule has 100 valence electrons. The van der Waals surface area contributed by atoms with Gasteiger partial charge in [0.25, 0.3) is 0 Å². The van der Waals surface area contributed by atoms with Gasteiger partial charge in [-0.3, -0.25) is 9.69 Å². The van der Waals surface area contributed by atoms with Crippen LogP contribution in [0.1, 0.15) is 25.7 Å². The van der Waals surface area contributed by atoms with E-state index in [1.807, 2.05) is 0 Å². The molecular formula is C10H16F3NO3. The molecule has 1 fully saturated rings. The molecule has 0 bridgehead atoms. The van der Waals surface area contributed by atoms with Gasteiger partial charge in [0.1, 0.15) is 0 Å². The number of carboxylic acids is 1. The van der Waals surface area contributed by atoms with Crippen molar-refractivity contribution in [2.24, 2.45) is 0 Å². The van der Waals surface area contributed by atoms with Crippen molar-refractivity contribution >= 4 is 5.97 Å². The number of rotatable bonds is 4. The van der Waals surface area contributed by atoms with Crippen LogP contribution in [0.5, 0.6) is 0 Å². The maximum atomic E-state index is 12.3. The minimum absolute atomic E-state index is 0.407. The van der Waals surface area contributed by atoms with Crippen LogP contribution in [-0.2, 0) is 4.79 Å². The van der Waals surface area contributed by atoms with E-state index in [9.17, 15) is 23.1 Å². The lowest BCUT2D eigenvalue weighted by molar-refractivity contribution is -0.164. The van der Waals surface area contributed by atoms with Gasteiger partial charge in [0.05, 0.1) is 19.2 Å². The summed E-state index contributed by atoms with van der Waals surface area (Å²) in [5.41, 5.74) is 0. The van der Waals surface area contributed by atoms with Crippen LogP contribution in [0.2, 0.25) is 0 Å². The first kappa shape index (κ1) is 14.2. The molecule has 4 nitrogen and oxygen atoms in total. The Morgan fingerprint density at radius 3 is 2.35 bits per heavy atom. The van der Waals surface area contributed by atoms with Crippen molar-refractivity contribution in [3.05, 3.63) is 0 Å². The summed E-state index contributed by atoms with van der Waals surface area (Å²) in [7, 11) is 0. The monoisotopic (exact) mass is 255 g/mol.